The third kappa shape index (κ3) is 4.21. The van der Waals surface area contributed by atoms with Gasteiger partial charge in [0.2, 0.25) is 5.91 Å². The summed E-state index contributed by atoms with van der Waals surface area (Å²) in [5.41, 5.74) is 5.80. The van der Waals surface area contributed by atoms with Crippen LogP contribution in [0.15, 0.2) is 0 Å². The number of amides is 1. The highest BCUT2D eigenvalue weighted by atomic mass is 16.2. The SMILES string of the molecule is CCCCN(C(=O)C1(CN)CCCCCC1)C(C)CC. The van der Waals surface area contributed by atoms with Gasteiger partial charge in [0.1, 0.15) is 0 Å². The van der Waals surface area contributed by atoms with Gasteiger partial charge in [-0.15, -0.1) is 0 Å². The third-order valence-electron chi connectivity index (χ3n) is 5.04. The minimum atomic E-state index is -0.270. The first kappa shape index (κ1) is 17.5. The molecule has 0 aromatic carbocycles. The molecule has 0 radical (unpaired) electrons. The number of carbonyl (C=O) groups excluding carboxylic acids is 1. The standard InChI is InChI=1S/C17H34N2O/c1-4-6-13-19(15(3)5-2)16(20)17(14-18)11-9-7-8-10-12-17/h15H,4-14,18H2,1-3H3. The number of hydrogen-bond acceptors (Lipinski definition) is 2. The summed E-state index contributed by atoms with van der Waals surface area (Å²) in [6.45, 7) is 7.94. The Morgan fingerprint density at radius 3 is 2.25 bits per heavy atom. The fraction of sp³-hybridized carbons (Fsp3) is 0.941. The number of carbonyl (C=O) groups is 1. The van der Waals surface area contributed by atoms with Gasteiger partial charge in [0.15, 0.2) is 0 Å². The van der Waals surface area contributed by atoms with E-state index in [0.29, 0.717) is 18.5 Å². The second kappa shape index (κ2) is 8.66. The molecule has 1 rings (SSSR count). The first-order valence-corrected chi connectivity index (χ1v) is 8.62. The molecule has 3 heteroatoms. The van der Waals surface area contributed by atoms with Crippen LogP contribution in [0.5, 0.6) is 0 Å². The van der Waals surface area contributed by atoms with Crippen LogP contribution in [0, 0.1) is 5.41 Å². The summed E-state index contributed by atoms with van der Waals surface area (Å²) in [6, 6.07) is 0.334. The van der Waals surface area contributed by atoms with Crippen LogP contribution in [0.2, 0.25) is 0 Å². The van der Waals surface area contributed by atoms with E-state index in [9.17, 15) is 4.79 Å². The highest BCUT2D eigenvalue weighted by Crippen LogP contribution is 2.36. The number of nitrogens with two attached hydrogens (primary N) is 1. The highest BCUT2D eigenvalue weighted by molar-refractivity contribution is 5.83. The second-order valence-corrected chi connectivity index (χ2v) is 6.51. The topological polar surface area (TPSA) is 46.3 Å². The first-order chi connectivity index (χ1) is 9.61. The summed E-state index contributed by atoms with van der Waals surface area (Å²) in [6.07, 6.45) is 10.1. The van der Waals surface area contributed by atoms with E-state index in [0.717, 1.165) is 51.5 Å². The fourth-order valence-electron chi connectivity index (χ4n) is 3.29. The molecule has 1 saturated carbocycles. The predicted molar refractivity (Wildman–Crippen MR) is 85.6 cm³/mol. The van der Waals surface area contributed by atoms with Gasteiger partial charge >= 0.3 is 0 Å². The van der Waals surface area contributed by atoms with E-state index in [1.807, 2.05) is 0 Å². The number of nitrogens with zero attached hydrogens (tertiary/aromatic N) is 1. The largest absolute Gasteiger partial charge is 0.339 e. The van der Waals surface area contributed by atoms with Crippen LogP contribution in [0.4, 0.5) is 0 Å². The minimum Gasteiger partial charge on any atom is -0.339 e. The molecule has 1 unspecified atom stereocenters. The quantitative estimate of drug-likeness (QED) is 0.723. The average Bonchev–Trinajstić information content (AvgIpc) is 2.73. The smallest absolute Gasteiger partial charge is 0.230 e. The molecule has 0 bridgehead atoms. The fourth-order valence-corrected chi connectivity index (χ4v) is 3.29. The molecule has 0 aromatic rings. The molecule has 0 aromatic heterocycles. The zero-order valence-electron chi connectivity index (χ0n) is 13.8. The lowest BCUT2D eigenvalue weighted by molar-refractivity contribution is -0.145. The Kier molecular flexibility index (Phi) is 7.57. The van der Waals surface area contributed by atoms with Crippen molar-refractivity contribution in [3.05, 3.63) is 0 Å². The Bertz CT molecular complexity index is 283. The molecule has 1 atom stereocenters. The van der Waals surface area contributed by atoms with E-state index in [-0.39, 0.29) is 5.41 Å². The Hall–Kier alpha value is -0.570. The summed E-state index contributed by atoms with van der Waals surface area (Å²) in [5, 5.41) is 0. The number of rotatable bonds is 7. The van der Waals surface area contributed by atoms with Crippen LogP contribution in [0.3, 0.4) is 0 Å². The van der Waals surface area contributed by atoms with Crippen molar-refractivity contribution in [3.63, 3.8) is 0 Å². The Balaban J connectivity index is 2.87. The summed E-state index contributed by atoms with van der Waals surface area (Å²) in [5.74, 6) is 0.338. The molecule has 118 valence electrons. The molecule has 1 fully saturated rings. The Morgan fingerprint density at radius 1 is 1.20 bits per heavy atom. The molecule has 1 amide bonds. The monoisotopic (exact) mass is 282 g/mol. The van der Waals surface area contributed by atoms with Crippen molar-refractivity contribution >= 4 is 5.91 Å². The van der Waals surface area contributed by atoms with Gasteiger partial charge in [0.05, 0.1) is 5.41 Å². The molecule has 1 aliphatic rings. The van der Waals surface area contributed by atoms with E-state index >= 15 is 0 Å². The van der Waals surface area contributed by atoms with Crippen molar-refractivity contribution < 1.29 is 4.79 Å². The van der Waals surface area contributed by atoms with E-state index in [4.69, 9.17) is 5.73 Å². The number of hydrogen-bond donors (Lipinski definition) is 1. The summed E-state index contributed by atoms with van der Waals surface area (Å²) in [7, 11) is 0. The van der Waals surface area contributed by atoms with Crippen LogP contribution in [0.1, 0.15) is 78.6 Å². The van der Waals surface area contributed by atoms with E-state index < -0.39 is 0 Å². The molecular formula is C17H34N2O. The maximum absolute atomic E-state index is 13.2. The first-order valence-electron chi connectivity index (χ1n) is 8.62. The van der Waals surface area contributed by atoms with Crippen molar-refractivity contribution in [1.82, 2.24) is 4.90 Å². The lowest BCUT2D eigenvalue weighted by Gasteiger charge is -2.39. The van der Waals surface area contributed by atoms with Crippen LogP contribution >= 0.6 is 0 Å². The van der Waals surface area contributed by atoms with Crippen molar-refractivity contribution in [1.29, 1.82) is 0 Å². The number of unbranched alkanes of at least 4 members (excludes halogenated alkanes) is 1. The van der Waals surface area contributed by atoms with Crippen LogP contribution in [0.25, 0.3) is 0 Å². The van der Waals surface area contributed by atoms with E-state index in [1.54, 1.807) is 0 Å². The molecule has 0 aliphatic heterocycles. The molecule has 0 saturated heterocycles. The van der Waals surface area contributed by atoms with E-state index in [1.165, 1.54) is 12.8 Å². The van der Waals surface area contributed by atoms with Gasteiger partial charge in [-0.05, 0) is 32.6 Å². The lowest BCUT2D eigenvalue weighted by Crippen LogP contribution is -2.51. The van der Waals surface area contributed by atoms with Crippen molar-refractivity contribution in [2.45, 2.75) is 84.6 Å². The van der Waals surface area contributed by atoms with Gasteiger partial charge in [-0.1, -0.05) is 46.0 Å². The maximum atomic E-state index is 13.2. The van der Waals surface area contributed by atoms with Crippen molar-refractivity contribution in [2.75, 3.05) is 13.1 Å². The van der Waals surface area contributed by atoms with Crippen molar-refractivity contribution in [3.8, 4) is 0 Å². The van der Waals surface area contributed by atoms with Crippen LogP contribution in [-0.4, -0.2) is 29.9 Å². The third-order valence-corrected chi connectivity index (χ3v) is 5.04. The lowest BCUT2D eigenvalue weighted by atomic mass is 9.78. The molecule has 0 heterocycles. The normalized spacial score (nSPS) is 20.2. The van der Waals surface area contributed by atoms with E-state index in [2.05, 4.69) is 25.7 Å². The molecule has 1 aliphatic carbocycles. The zero-order valence-corrected chi connectivity index (χ0v) is 13.8. The molecule has 20 heavy (non-hydrogen) atoms. The van der Waals surface area contributed by atoms with Crippen LogP contribution in [-0.2, 0) is 4.79 Å². The van der Waals surface area contributed by atoms with Gasteiger partial charge in [-0.2, -0.15) is 0 Å². The molecule has 2 N–H and O–H groups in total. The second-order valence-electron chi connectivity index (χ2n) is 6.51. The molecule has 3 nitrogen and oxygen atoms in total. The predicted octanol–water partition coefficient (Wildman–Crippen LogP) is 3.71. The van der Waals surface area contributed by atoms with Crippen molar-refractivity contribution in [2.24, 2.45) is 11.1 Å². The highest BCUT2D eigenvalue weighted by Gasteiger charge is 2.40. The van der Waals surface area contributed by atoms with Crippen LogP contribution < -0.4 is 5.73 Å². The van der Waals surface area contributed by atoms with Gasteiger partial charge in [0, 0.05) is 19.1 Å². The maximum Gasteiger partial charge on any atom is 0.230 e. The van der Waals surface area contributed by atoms with Gasteiger partial charge in [-0.3, -0.25) is 4.79 Å². The Labute approximate surface area is 125 Å². The Morgan fingerprint density at radius 2 is 1.80 bits per heavy atom. The average molecular weight is 282 g/mol. The summed E-state index contributed by atoms with van der Waals surface area (Å²) >= 11 is 0. The summed E-state index contributed by atoms with van der Waals surface area (Å²) in [4.78, 5) is 15.3. The minimum absolute atomic E-state index is 0.270. The summed E-state index contributed by atoms with van der Waals surface area (Å²) < 4.78 is 0. The van der Waals surface area contributed by atoms with Gasteiger partial charge in [-0.25, -0.2) is 0 Å². The van der Waals surface area contributed by atoms with Gasteiger partial charge in [0.25, 0.3) is 0 Å². The zero-order chi connectivity index (χ0) is 15.0. The molecule has 0 spiro atoms. The van der Waals surface area contributed by atoms with Gasteiger partial charge < -0.3 is 10.6 Å². The molecular weight excluding hydrogens is 248 g/mol.